The van der Waals surface area contributed by atoms with Gasteiger partial charge >= 0.3 is 5.97 Å². The first-order chi connectivity index (χ1) is 8.67. The molecule has 0 aromatic rings. The van der Waals surface area contributed by atoms with Gasteiger partial charge in [-0.2, -0.15) is 0 Å². The molecule has 0 atom stereocenters. The molecule has 112 valence electrons. The number of carbonyl (C=O) groups excluding carboxylic acids is 2. The predicted molar refractivity (Wildman–Crippen MR) is 71.9 cm³/mol. The first-order valence-corrected chi connectivity index (χ1v) is 6.50. The molecular weight excluding hydrogens is 248 g/mol. The van der Waals surface area contributed by atoms with E-state index in [1.165, 1.54) is 0 Å². The van der Waals surface area contributed by atoms with E-state index < -0.39 is 11.4 Å². The Balaban J connectivity index is 4.14. The first kappa shape index (κ1) is 18.1. The summed E-state index contributed by atoms with van der Waals surface area (Å²) in [6.07, 6.45) is 0.677. The maximum absolute atomic E-state index is 11.9. The van der Waals surface area contributed by atoms with Gasteiger partial charge < -0.3 is 14.2 Å². The van der Waals surface area contributed by atoms with E-state index in [0.29, 0.717) is 13.0 Å². The fourth-order valence-electron chi connectivity index (χ4n) is 1.19. The van der Waals surface area contributed by atoms with Crippen LogP contribution in [0.3, 0.4) is 0 Å². The molecule has 0 saturated heterocycles. The van der Waals surface area contributed by atoms with Gasteiger partial charge in [-0.3, -0.25) is 9.59 Å². The smallest absolute Gasteiger partial charge is 0.319 e. The summed E-state index contributed by atoms with van der Waals surface area (Å²) in [7, 11) is 1.63. The summed E-state index contributed by atoms with van der Waals surface area (Å²) < 4.78 is 15.4. The molecule has 0 fully saturated rings. The lowest BCUT2D eigenvalue weighted by molar-refractivity contribution is -0.159. The molecule has 0 radical (unpaired) electrons. The van der Waals surface area contributed by atoms with E-state index in [0.717, 1.165) is 0 Å². The predicted octanol–water partition coefficient (Wildman–Crippen LogP) is 1.98. The van der Waals surface area contributed by atoms with Crippen molar-refractivity contribution in [3.63, 3.8) is 0 Å². The molecule has 0 saturated carbocycles. The van der Waals surface area contributed by atoms with Crippen LogP contribution in [0.5, 0.6) is 0 Å². The number of carbonyl (C=O) groups is 2. The van der Waals surface area contributed by atoms with Gasteiger partial charge in [0.1, 0.15) is 12.0 Å². The van der Waals surface area contributed by atoms with Crippen molar-refractivity contribution in [1.82, 2.24) is 0 Å². The van der Waals surface area contributed by atoms with Crippen molar-refractivity contribution in [3.05, 3.63) is 0 Å². The van der Waals surface area contributed by atoms with Crippen molar-refractivity contribution >= 4 is 11.8 Å². The zero-order valence-corrected chi connectivity index (χ0v) is 12.9. The van der Waals surface area contributed by atoms with Crippen LogP contribution in [0.4, 0.5) is 0 Å². The molecule has 0 unspecified atom stereocenters. The van der Waals surface area contributed by atoms with Crippen molar-refractivity contribution in [1.29, 1.82) is 0 Å². The summed E-state index contributed by atoms with van der Waals surface area (Å²) in [5, 5.41) is 0. The molecular formula is C14H26O5. The lowest BCUT2D eigenvalue weighted by Crippen LogP contribution is -2.38. The average Bonchev–Trinajstić information content (AvgIpc) is 2.34. The van der Waals surface area contributed by atoms with Crippen molar-refractivity contribution in [2.75, 3.05) is 26.9 Å². The molecule has 0 aliphatic heterocycles. The summed E-state index contributed by atoms with van der Waals surface area (Å²) in [5.41, 5.74) is -1.44. The number of methoxy groups -OCH3 is 1. The van der Waals surface area contributed by atoms with Gasteiger partial charge in [0.05, 0.1) is 12.2 Å². The van der Waals surface area contributed by atoms with Crippen LogP contribution in [0.2, 0.25) is 0 Å². The van der Waals surface area contributed by atoms with Crippen LogP contribution < -0.4 is 0 Å². The highest BCUT2D eigenvalue weighted by Gasteiger charge is 2.37. The lowest BCUT2D eigenvalue weighted by atomic mass is 9.88. The maximum atomic E-state index is 11.9. The quantitative estimate of drug-likeness (QED) is 0.365. The summed E-state index contributed by atoms with van der Waals surface area (Å²) >= 11 is 0. The molecule has 0 aliphatic carbocycles. The highest BCUT2D eigenvalue weighted by atomic mass is 16.5. The fourth-order valence-corrected chi connectivity index (χ4v) is 1.19. The van der Waals surface area contributed by atoms with E-state index in [9.17, 15) is 9.59 Å². The molecule has 0 spiro atoms. The highest BCUT2D eigenvalue weighted by Crippen LogP contribution is 2.19. The van der Waals surface area contributed by atoms with E-state index in [1.807, 2.05) is 13.8 Å². The Kier molecular flexibility index (Phi) is 7.23. The Morgan fingerprint density at radius 3 is 2.16 bits per heavy atom. The Labute approximate surface area is 115 Å². The second-order valence-electron chi connectivity index (χ2n) is 5.54. The standard InChI is InChI=1S/C14H26O5/c1-7-19-12(16)14(4,5)11(15)10-18-9-8-13(2,3)17-6/h7-10H2,1-6H3. The third-order valence-electron chi connectivity index (χ3n) is 3.12. The minimum absolute atomic E-state index is 0.0917. The van der Waals surface area contributed by atoms with Crippen LogP contribution in [0.1, 0.15) is 41.0 Å². The molecule has 0 N–H and O–H groups in total. The van der Waals surface area contributed by atoms with Crippen LogP contribution >= 0.6 is 0 Å². The van der Waals surface area contributed by atoms with Crippen LogP contribution in [-0.4, -0.2) is 44.3 Å². The Morgan fingerprint density at radius 2 is 1.68 bits per heavy atom. The monoisotopic (exact) mass is 274 g/mol. The SMILES string of the molecule is CCOC(=O)C(C)(C)C(=O)COCCC(C)(C)OC. The van der Waals surface area contributed by atoms with Gasteiger partial charge in [0, 0.05) is 13.7 Å². The zero-order valence-electron chi connectivity index (χ0n) is 12.9. The number of hydrogen-bond donors (Lipinski definition) is 0. The van der Waals surface area contributed by atoms with Gasteiger partial charge in [0.15, 0.2) is 5.78 Å². The molecule has 5 heteroatoms. The van der Waals surface area contributed by atoms with E-state index >= 15 is 0 Å². The number of esters is 1. The van der Waals surface area contributed by atoms with Gasteiger partial charge in [-0.15, -0.1) is 0 Å². The molecule has 5 nitrogen and oxygen atoms in total. The van der Waals surface area contributed by atoms with E-state index in [-0.39, 0.29) is 24.6 Å². The first-order valence-electron chi connectivity index (χ1n) is 6.50. The van der Waals surface area contributed by atoms with Crippen molar-refractivity contribution in [2.24, 2.45) is 5.41 Å². The third-order valence-corrected chi connectivity index (χ3v) is 3.12. The summed E-state index contributed by atoms with van der Waals surface area (Å²) in [6.45, 7) is 9.28. The molecule has 19 heavy (non-hydrogen) atoms. The van der Waals surface area contributed by atoms with Crippen molar-refractivity contribution < 1.29 is 23.8 Å². The molecule has 0 aromatic carbocycles. The Bertz CT molecular complexity index is 307. The highest BCUT2D eigenvalue weighted by molar-refractivity contribution is 6.03. The average molecular weight is 274 g/mol. The second-order valence-corrected chi connectivity index (χ2v) is 5.54. The minimum Gasteiger partial charge on any atom is -0.465 e. The Hall–Kier alpha value is -0.940. The number of ether oxygens (including phenoxy) is 3. The third kappa shape index (κ3) is 6.16. The zero-order chi connectivity index (χ0) is 15.1. The number of rotatable bonds is 9. The van der Waals surface area contributed by atoms with Crippen molar-refractivity contribution in [3.8, 4) is 0 Å². The van der Waals surface area contributed by atoms with Crippen LogP contribution in [0.25, 0.3) is 0 Å². The molecule has 0 heterocycles. The normalized spacial score (nSPS) is 12.3. The molecule has 0 aliphatic rings. The largest absolute Gasteiger partial charge is 0.465 e. The van der Waals surface area contributed by atoms with Crippen LogP contribution in [0, 0.1) is 5.41 Å². The molecule has 0 rings (SSSR count). The van der Waals surface area contributed by atoms with Gasteiger partial charge in [0.25, 0.3) is 0 Å². The molecule has 0 bridgehead atoms. The van der Waals surface area contributed by atoms with Crippen LogP contribution in [0.15, 0.2) is 0 Å². The minimum atomic E-state index is -1.16. The molecule has 0 amide bonds. The summed E-state index contributed by atoms with van der Waals surface area (Å²) in [6, 6.07) is 0. The number of hydrogen-bond acceptors (Lipinski definition) is 5. The molecule has 0 aromatic heterocycles. The van der Waals surface area contributed by atoms with Gasteiger partial charge in [-0.1, -0.05) is 0 Å². The second kappa shape index (κ2) is 7.60. The fraction of sp³-hybridized carbons (Fsp3) is 0.857. The summed E-state index contributed by atoms with van der Waals surface area (Å²) in [4.78, 5) is 23.5. The topological polar surface area (TPSA) is 61.8 Å². The maximum Gasteiger partial charge on any atom is 0.319 e. The number of ketones is 1. The Morgan fingerprint density at radius 1 is 1.11 bits per heavy atom. The summed E-state index contributed by atoms with van der Waals surface area (Å²) in [5.74, 6) is -0.790. The van der Waals surface area contributed by atoms with E-state index in [2.05, 4.69) is 0 Å². The van der Waals surface area contributed by atoms with Crippen LogP contribution in [-0.2, 0) is 23.8 Å². The van der Waals surface area contributed by atoms with Gasteiger partial charge in [-0.25, -0.2) is 0 Å². The van der Waals surface area contributed by atoms with Crippen molar-refractivity contribution in [2.45, 2.75) is 46.6 Å². The van der Waals surface area contributed by atoms with E-state index in [4.69, 9.17) is 14.2 Å². The van der Waals surface area contributed by atoms with E-state index in [1.54, 1.807) is 27.9 Å². The van der Waals surface area contributed by atoms with Gasteiger partial charge in [-0.05, 0) is 41.0 Å². The number of Topliss-reactive ketones (excluding diaryl/α,β-unsaturated/α-hetero) is 1. The lowest BCUT2D eigenvalue weighted by Gasteiger charge is -2.23. The van der Waals surface area contributed by atoms with Gasteiger partial charge in [0.2, 0.25) is 0 Å².